The topological polar surface area (TPSA) is 96.9 Å². The Morgan fingerprint density at radius 1 is 0.875 bits per heavy atom. The number of rotatable bonds is 14. The summed E-state index contributed by atoms with van der Waals surface area (Å²) in [7, 11) is 0. The molecule has 4 aliphatic carbocycles. The first-order valence-corrected chi connectivity index (χ1v) is 17.2. The zero-order valence-electron chi connectivity index (χ0n) is 25.2. The molecule has 230 valence electrons. The van der Waals surface area contributed by atoms with Gasteiger partial charge in [0, 0.05) is 19.5 Å². The van der Waals surface area contributed by atoms with E-state index in [-0.39, 0.29) is 17.9 Å². The summed E-state index contributed by atoms with van der Waals surface area (Å²) in [5.41, 5.74) is 0.859. The number of hydrogen-bond donors (Lipinski definition) is 3. The fraction of sp³-hybridized carbons (Fsp3) is 0.938. The molecular weight excluding hydrogens is 572 g/mol. The molecule has 4 fully saturated rings. The van der Waals surface area contributed by atoms with Crippen molar-refractivity contribution in [2.75, 3.05) is 44.8 Å². The Kier molecular flexibility index (Phi) is 11.8. The normalized spacial score (nSPS) is 37.6. The van der Waals surface area contributed by atoms with Crippen LogP contribution in [-0.2, 0) is 19.1 Å². The van der Waals surface area contributed by atoms with Crippen molar-refractivity contribution in [1.29, 1.82) is 0 Å². The summed E-state index contributed by atoms with van der Waals surface area (Å²) in [6.45, 7) is 10.5. The molecule has 2 amide bonds. The van der Waals surface area contributed by atoms with Gasteiger partial charge in [-0.2, -0.15) is 0 Å². The molecule has 0 saturated heterocycles. The average Bonchev–Trinajstić information content (AvgIpc) is 3.30. The third kappa shape index (κ3) is 7.44. The second-order valence-electron chi connectivity index (χ2n) is 13.9. The molecule has 7 nitrogen and oxygen atoms in total. The number of carbonyl (C=O) groups excluding carboxylic acids is 2. The van der Waals surface area contributed by atoms with E-state index < -0.39 is 0 Å². The van der Waals surface area contributed by atoms with E-state index in [0.717, 1.165) is 48.9 Å². The zero-order valence-corrected chi connectivity index (χ0v) is 26.8. The monoisotopic (exact) mass is 626 g/mol. The molecule has 0 aliphatic heterocycles. The number of aliphatic hydroxyl groups is 1. The number of amides is 2. The summed E-state index contributed by atoms with van der Waals surface area (Å²) in [6, 6.07) is 0. The Balaban J connectivity index is 1.13. The second kappa shape index (κ2) is 14.7. The van der Waals surface area contributed by atoms with Gasteiger partial charge in [-0.05, 0) is 111 Å². The van der Waals surface area contributed by atoms with Gasteiger partial charge in [0.2, 0.25) is 11.8 Å². The van der Waals surface area contributed by atoms with E-state index >= 15 is 0 Å². The van der Waals surface area contributed by atoms with Crippen LogP contribution in [0, 0.1) is 46.3 Å². The third-order valence-electron chi connectivity index (χ3n) is 11.9. The molecular formula is C32H55BrN2O5. The van der Waals surface area contributed by atoms with E-state index in [0.29, 0.717) is 68.0 Å². The standard InChI is InChI=1S/C32H55BrN2O5/c1-22(4-9-29(37)34-14-16-39-18-19-40-17-15-35-30(38)21-33)26-7-8-27-25-6-5-23-20-24(36)10-12-31(23,2)28(25)11-13-32(26,27)3/h22-28,36H,4-21H2,1-3H3,(H,34,37)(H,35,38)/t22?,23-,24-,25+,26-,27+,28+,31+,32-/m1/s1. The molecule has 0 aromatic rings. The smallest absolute Gasteiger partial charge is 0.230 e. The lowest BCUT2D eigenvalue weighted by Gasteiger charge is -2.61. The number of carbonyl (C=O) groups is 2. The van der Waals surface area contributed by atoms with Gasteiger partial charge in [0.1, 0.15) is 0 Å². The molecule has 4 rings (SSSR count). The lowest BCUT2D eigenvalue weighted by molar-refractivity contribution is -0.130. The summed E-state index contributed by atoms with van der Waals surface area (Å²) >= 11 is 3.10. The van der Waals surface area contributed by atoms with Gasteiger partial charge in [0.15, 0.2) is 0 Å². The van der Waals surface area contributed by atoms with Crippen LogP contribution < -0.4 is 10.6 Å². The SMILES string of the molecule is CC(CCC(=O)NCCOCCOCCNC(=O)CBr)[C@H]1CC[C@H]2[C@@H]3CC[C@@H]4C[C@H](O)CC[C@]4(C)[C@H]3CC[C@]12C. The molecule has 0 aromatic heterocycles. The predicted molar refractivity (Wildman–Crippen MR) is 161 cm³/mol. The molecule has 1 unspecified atom stereocenters. The van der Waals surface area contributed by atoms with Crippen molar-refractivity contribution in [2.24, 2.45) is 46.3 Å². The number of halogens is 1. The highest BCUT2D eigenvalue weighted by molar-refractivity contribution is 9.09. The third-order valence-corrected chi connectivity index (χ3v) is 12.4. The van der Waals surface area contributed by atoms with Crippen LogP contribution in [0.1, 0.15) is 91.4 Å². The minimum atomic E-state index is -0.0684. The lowest BCUT2D eigenvalue weighted by Crippen LogP contribution is -2.54. The minimum Gasteiger partial charge on any atom is -0.393 e. The number of hydrogen-bond acceptors (Lipinski definition) is 5. The maximum Gasteiger partial charge on any atom is 0.230 e. The second-order valence-corrected chi connectivity index (χ2v) is 14.4. The number of ether oxygens (including phenoxy) is 2. The highest BCUT2D eigenvalue weighted by Gasteiger charge is 2.60. The van der Waals surface area contributed by atoms with Crippen molar-refractivity contribution in [2.45, 2.75) is 97.5 Å². The lowest BCUT2D eigenvalue weighted by atomic mass is 9.44. The van der Waals surface area contributed by atoms with E-state index in [1.807, 2.05) is 0 Å². The van der Waals surface area contributed by atoms with Gasteiger partial charge >= 0.3 is 0 Å². The molecule has 0 radical (unpaired) electrons. The molecule has 0 heterocycles. The van der Waals surface area contributed by atoms with Crippen molar-refractivity contribution in [1.82, 2.24) is 10.6 Å². The van der Waals surface area contributed by atoms with E-state index in [1.165, 1.54) is 44.9 Å². The van der Waals surface area contributed by atoms with Crippen molar-refractivity contribution in [3.05, 3.63) is 0 Å². The van der Waals surface area contributed by atoms with Gasteiger partial charge in [-0.3, -0.25) is 9.59 Å². The van der Waals surface area contributed by atoms with Crippen molar-refractivity contribution < 1.29 is 24.2 Å². The Morgan fingerprint density at radius 2 is 1.52 bits per heavy atom. The van der Waals surface area contributed by atoms with Crippen LogP contribution in [0.2, 0.25) is 0 Å². The molecule has 8 heteroatoms. The summed E-state index contributed by atoms with van der Waals surface area (Å²) in [5, 5.41) is 16.4. The quantitative estimate of drug-likeness (QED) is 0.184. The highest BCUT2D eigenvalue weighted by Crippen LogP contribution is 2.68. The van der Waals surface area contributed by atoms with Crippen LogP contribution in [0.4, 0.5) is 0 Å². The highest BCUT2D eigenvalue weighted by atomic mass is 79.9. The van der Waals surface area contributed by atoms with Crippen LogP contribution in [0.25, 0.3) is 0 Å². The first-order valence-electron chi connectivity index (χ1n) is 16.1. The zero-order chi connectivity index (χ0) is 28.8. The Bertz CT molecular complexity index is 844. The molecule has 40 heavy (non-hydrogen) atoms. The van der Waals surface area contributed by atoms with E-state index in [1.54, 1.807) is 0 Å². The van der Waals surface area contributed by atoms with Crippen LogP contribution in [0.3, 0.4) is 0 Å². The predicted octanol–water partition coefficient (Wildman–Crippen LogP) is 5.08. The maximum absolute atomic E-state index is 12.5. The van der Waals surface area contributed by atoms with Crippen molar-refractivity contribution >= 4 is 27.7 Å². The van der Waals surface area contributed by atoms with Crippen LogP contribution >= 0.6 is 15.9 Å². The number of alkyl halides is 1. The molecule has 9 atom stereocenters. The number of aliphatic hydroxyl groups excluding tert-OH is 1. The van der Waals surface area contributed by atoms with Gasteiger partial charge in [0.25, 0.3) is 0 Å². The van der Waals surface area contributed by atoms with E-state index in [9.17, 15) is 14.7 Å². The summed E-state index contributed by atoms with van der Waals surface area (Å²) < 4.78 is 11.0. The molecule has 4 aliphatic rings. The first-order chi connectivity index (χ1) is 19.2. The Hall–Kier alpha value is -0.700. The first kappa shape index (κ1) is 32.2. The van der Waals surface area contributed by atoms with E-state index in [4.69, 9.17) is 9.47 Å². The summed E-state index contributed by atoms with van der Waals surface area (Å²) in [4.78, 5) is 23.7. The molecule has 3 N–H and O–H groups in total. The summed E-state index contributed by atoms with van der Waals surface area (Å²) in [6.07, 6.45) is 12.8. The van der Waals surface area contributed by atoms with Crippen LogP contribution in [-0.4, -0.2) is 67.9 Å². The van der Waals surface area contributed by atoms with Crippen LogP contribution in [0.15, 0.2) is 0 Å². The average molecular weight is 628 g/mol. The van der Waals surface area contributed by atoms with Crippen molar-refractivity contribution in [3.63, 3.8) is 0 Å². The fourth-order valence-corrected chi connectivity index (χ4v) is 9.95. The molecule has 0 aromatic carbocycles. The van der Waals surface area contributed by atoms with Gasteiger partial charge < -0.3 is 25.2 Å². The van der Waals surface area contributed by atoms with Gasteiger partial charge in [-0.15, -0.1) is 0 Å². The van der Waals surface area contributed by atoms with E-state index in [2.05, 4.69) is 47.3 Å². The number of fused-ring (bicyclic) bond motifs is 5. The number of nitrogens with one attached hydrogen (secondary N) is 2. The van der Waals surface area contributed by atoms with Gasteiger partial charge in [0.05, 0.1) is 37.9 Å². The largest absolute Gasteiger partial charge is 0.393 e. The molecule has 4 saturated carbocycles. The minimum absolute atomic E-state index is 0.0485. The Morgan fingerprint density at radius 3 is 2.23 bits per heavy atom. The maximum atomic E-state index is 12.5. The summed E-state index contributed by atoms with van der Waals surface area (Å²) in [5.74, 6) is 4.64. The fourth-order valence-electron chi connectivity index (χ4n) is 9.75. The molecule has 0 spiro atoms. The van der Waals surface area contributed by atoms with Crippen molar-refractivity contribution in [3.8, 4) is 0 Å². The molecule has 0 bridgehead atoms. The van der Waals surface area contributed by atoms with Gasteiger partial charge in [-0.1, -0.05) is 36.7 Å². The Labute approximate surface area is 250 Å². The van der Waals surface area contributed by atoms with Gasteiger partial charge in [-0.25, -0.2) is 0 Å². The van der Waals surface area contributed by atoms with Crippen LogP contribution in [0.5, 0.6) is 0 Å².